The molecule has 1 atom stereocenters. The zero-order valence-electron chi connectivity index (χ0n) is 9.74. The quantitative estimate of drug-likeness (QED) is 0.854. The van der Waals surface area contributed by atoms with Crippen LogP contribution in [0.1, 0.15) is 6.42 Å². The Kier molecular flexibility index (Phi) is 3.26. The van der Waals surface area contributed by atoms with Gasteiger partial charge in [0.25, 0.3) is 0 Å². The molecular formula is C12H16ClN3O. The minimum atomic E-state index is -0.664. The third-order valence-corrected chi connectivity index (χ3v) is 3.41. The molecule has 0 saturated carbocycles. The van der Waals surface area contributed by atoms with Gasteiger partial charge in [-0.25, -0.2) is 0 Å². The van der Waals surface area contributed by atoms with Crippen molar-refractivity contribution in [1.29, 1.82) is 0 Å². The van der Waals surface area contributed by atoms with Crippen LogP contribution in [0.2, 0.25) is 5.02 Å². The average molecular weight is 254 g/mol. The molecule has 0 spiro atoms. The molecule has 4 nitrogen and oxygen atoms in total. The van der Waals surface area contributed by atoms with Gasteiger partial charge < -0.3 is 16.0 Å². The SMILES string of the molecule is CN1CCC(Nc2ccc(Cl)cc2)(C(N)=O)C1. The van der Waals surface area contributed by atoms with Crippen LogP contribution < -0.4 is 11.1 Å². The first-order valence-corrected chi connectivity index (χ1v) is 5.92. The number of primary amides is 1. The van der Waals surface area contributed by atoms with E-state index in [2.05, 4.69) is 10.2 Å². The van der Waals surface area contributed by atoms with Gasteiger partial charge in [0.15, 0.2) is 0 Å². The molecule has 2 rings (SSSR count). The summed E-state index contributed by atoms with van der Waals surface area (Å²) in [6.07, 6.45) is 0.724. The number of hydrogen-bond acceptors (Lipinski definition) is 3. The van der Waals surface area contributed by atoms with Crippen LogP contribution in [0.25, 0.3) is 0 Å². The average Bonchev–Trinajstić information content (AvgIpc) is 2.65. The van der Waals surface area contributed by atoms with Crippen molar-refractivity contribution < 1.29 is 4.79 Å². The topological polar surface area (TPSA) is 58.4 Å². The number of hydrogen-bond donors (Lipinski definition) is 2. The lowest BCUT2D eigenvalue weighted by Gasteiger charge is -2.28. The van der Waals surface area contributed by atoms with Crippen molar-refractivity contribution in [3.05, 3.63) is 29.3 Å². The maximum absolute atomic E-state index is 11.6. The second kappa shape index (κ2) is 4.55. The first-order chi connectivity index (χ1) is 8.02. The van der Waals surface area contributed by atoms with E-state index in [0.717, 1.165) is 18.7 Å². The molecule has 1 saturated heterocycles. The van der Waals surface area contributed by atoms with Crippen LogP contribution in [0.4, 0.5) is 5.69 Å². The molecule has 92 valence electrons. The fraction of sp³-hybridized carbons (Fsp3) is 0.417. The Hall–Kier alpha value is -1.26. The molecular weight excluding hydrogens is 238 g/mol. The van der Waals surface area contributed by atoms with E-state index in [0.29, 0.717) is 11.6 Å². The van der Waals surface area contributed by atoms with Crippen LogP contribution in [-0.4, -0.2) is 36.5 Å². The molecule has 5 heteroatoms. The summed E-state index contributed by atoms with van der Waals surface area (Å²) in [6, 6.07) is 7.28. The fourth-order valence-electron chi connectivity index (χ4n) is 2.17. The van der Waals surface area contributed by atoms with E-state index in [9.17, 15) is 4.79 Å². The summed E-state index contributed by atoms with van der Waals surface area (Å²) in [4.78, 5) is 13.7. The number of likely N-dealkylation sites (tertiary alicyclic amines) is 1. The second-order valence-corrected chi connectivity index (χ2v) is 5.00. The van der Waals surface area contributed by atoms with Crippen molar-refractivity contribution in [2.75, 3.05) is 25.5 Å². The molecule has 0 aromatic heterocycles. The molecule has 1 aliphatic rings. The molecule has 0 bridgehead atoms. The molecule has 1 unspecified atom stereocenters. The second-order valence-electron chi connectivity index (χ2n) is 4.57. The van der Waals surface area contributed by atoms with Crippen LogP contribution >= 0.6 is 11.6 Å². The zero-order chi connectivity index (χ0) is 12.5. The first kappa shape index (κ1) is 12.2. The van der Waals surface area contributed by atoms with Gasteiger partial charge in [-0.05, 0) is 37.7 Å². The number of likely N-dealkylation sites (N-methyl/N-ethyl adjacent to an activating group) is 1. The van der Waals surface area contributed by atoms with Crippen molar-refractivity contribution in [3.8, 4) is 0 Å². The van der Waals surface area contributed by atoms with Crippen LogP contribution in [-0.2, 0) is 4.79 Å². The number of amides is 1. The predicted molar refractivity (Wildman–Crippen MR) is 69.1 cm³/mol. The zero-order valence-corrected chi connectivity index (χ0v) is 10.5. The van der Waals surface area contributed by atoms with Gasteiger partial charge in [-0.15, -0.1) is 0 Å². The number of anilines is 1. The van der Waals surface area contributed by atoms with Gasteiger partial charge in [-0.3, -0.25) is 4.79 Å². The summed E-state index contributed by atoms with van der Waals surface area (Å²) in [5.74, 6) is -0.309. The highest BCUT2D eigenvalue weighted by atomic mass is 35.5. The highest BCUT2D eigenvalue weighted by Gasteiger charge is 2.42. The summed E-state index contributed by atoms with van der Waals surface area (Å²) in [7, 11) is 1.98. The van der Waals surface area contributed by atoms with E-state index < -0.39 is 5.54 Å². The van der Waals surface area contributed by atoms with Crippen molar-refractivity contribution in [3.63, 3.8) is 0 Å². The van der Waals surface area contributed by atoms with E-state index in [1.54, 1.807) is 12.1 Å². The standard InChI is InChI=1S/C12H16ClN3O/c1-16-7-6-12(8-16,11(14)17)15-10-4-2-9(13)3-5-10/h2-5,15H,6-8H2,1H3,(H2,14,17). The molecule has 17 heavy (non-hydrogen) atoms. The highest BCUT2D eigenvalue weighted by Crippen LogP contribution is 2.26. The number of nitrogens with zero attached hydrogens (tertiary/aromatic N) is 1. The van der Waals surface area contributed by atoms with E-state index in [4.69, 9.17) is 17.3 Å². The molecule has 0 radical (unpaired) electrons. The van der Waals surface area contributed by atoms with E-state index in [1.807, 2.05) is 19.2 Å². The summed E-state index contributed by atoms with van der Waals surface area (Å²) < 4.78 is 0. The van der Waals surface area contributed by atoms with Crippen LogP contribution in [0.5, 0.6) is 0 Å². The summed E-state index contributed by atoms with van der Waals surface area (Å²) in [5, 5.41) is 3.91. The Morgan fingerprint density at radius 1 is 1.47 bits per heavy atom. The Morgan fingerprint density at radius 2 is 2.12 bits per heavy atom. The minimum Gasteiger partial charge on any atom is -0.370 e. The predicted octanol–water partition coefficient (Wildman–Crippen LogP) is 1.31. The van der Waals surface area contributed by atoms with E-state index in [1.165, 1.54) is 0 Å². The smallest absolute Gasteiger partial charge is 0.244 e. The van der Waals surface area contributed by atoms with Crippen molar-refractivity contribution in [2.24, 2.45) is 5.73 Å². The van der Waals surface area contributed by atoms with Gasteiger partial charge in [0, 0.05) is 23.8 Å². The lowest BCUT2D eigenvalue weighted by molar-refractivity contribution is -0.121. The molecule has 1 aromatic carbocycles. The van der Waals surface area contributed by atoms with Gasteiger partial charge in [0.1, 0.15) is 5.54 Å². The molecule has 0 aliphatic carbocycles. The molecule has 1 aromatic rings. The van der Waals surface area contributed by atoms with Gasteiger partial charge >= 0.3 is 0 Å². The number of carbonyl (C=O) groups excluding carboxylic acids is 1. The van der Waals surface area contributed by atoms with Crippen LogP contribution in [0, 0.1) is 0 Å². The highest BCUT2D eigenvalue weighted by molar-refractivity contribution is 6.30. The summed E-state index contributed by atoms with van der Waals surface area (Å²) in [5.41, 5.74) is 5.72. The number of carbonyl (C=O) groups is 1. The Balaban J connectivity index is 2.19. The van der Waals surface area contributed by atoms with Gasteiger partial charge in [-0.1, -0.05) is 11.6 Å². The van der Waals surface area contributed by atoms with Crippen LogP contribution in [0.15, 0.2) is 24.3 Å². The minimum absolute atomic E-state index is 0.309. The van der Waals surface area contributed by atoms with Gasteiger partial charge in [0.2, 0.25) is 5.91 Å². The Bertz CT molecular complexity index is 420. The van der Waals surface area contributed by atoms with Crippen molar-refractivity contribution in [1.82, 2.24) is 4.90 Å². The maximum Gasteiger partial charge on any atom is 0.244 e. The lowest BCUT2D eigenvalue weighted by Crippen LogP contribution is -2.52. The number of halogens is 1. The van der Waals surface area contributed by atoms with Gasteiger partial charge in [0.05, 0.1) is 0 Å². The third-order valence-electron chi connectivity index (χ3n) is 3.16. The van der Waals surface area contributed by atoms with E-state index >= 15 is 0 Å². The molecule has 1 amide bonds. The molecule has 1 aliphatic heterocycles. The first-order valence-electron chi connectivity index (χ1n) is 5.54. The molecule has 1 fully saturated rings. The van der Waals surface area contributed by atoms with Gasteiger partial charge in [-0.2, -0.15) is 0 Å². The normalized spacial score (nSPS) is 24.8. The van der Waals surface area contributed by atoms with E-state index in [-0.39, 0.29) is 5.91 Å². The van der Waals surface area contributed by atoms with Crippen LogP contribution in [0.3, 0.4) is 0 Å². The largest absolute Gasteiger partial charge is 0.370 e. The van der Waals surface area contributed by atoms with Crippen molar-refractivity contribution >= 4 is 23.2 Å². The maximum atomic E-state index is 11.6. The number of nitrogens with two attached hydrogens (primary N) is 1. The fourth-order valence-corrected chi connectivity index (χ4v) is 2.30. The third kappa shape index (κ3) is 2.53. The van der Waals surface area contributed by atoms with Crippen molar-refractivity contribution in [2.45, 2.75) is 12.0 Å². The lowest BCUT2D eigenvalue weighted by atomic mass is 9.97. The molecule has 3 N–H and O–H groups in total. The summed E-state index contributed by atoms with van der Waals surface area (Å²) in [6.45, 7) is 1.49. The molecule has 1 heterocycles. The Labute approximate surface area is 106 Å². The monoisotopic (exact) mass is 253 g/mol. The number of benzene rings is 1. The summed E-state index contributed by atoms with van der Waals surface area (Å²) >= 11 is 5.82. The number of nitrogens with one attached hydrogen (secondary N) is 1. The Morgan fingerprint density at radius 3 is 2.59 bits per heavy atom. The number of rotatable bonds is 3.